The first kappa shape index (κ1) is 20.3. The monoisotopic (exact) mass is 385 g/mol. The Kier molecular flexibility index (Phi) is 7.01. The largest absolute Gasteiger partial charge is 0.497 e. The Bertz CT molecular complexity index is 756. The van der Waals surface area contributed by atoms with Gasteiger partial charge in [-0.25, -0.2) is 4.39 Å². The highest BCUT2D eigenvalue weighted by Crippen LogP contribution is 2.24. The van der Waals surface area contributed by atoms with Gasteiger partial charge in [-0.05, 0) is 42.4 Å². The van der Waals surface area contributed by atoms with Crippen LogP contribution in [-0.4, -0.2) is 62.6 Å². The summed E-state index contributed by atoms with van der Waals surface area (Å²) in [6.45, 7) is 4.48. The van der Waals surface area contributed by atoms with E-state index < -0.39 is 0 Å². The molecule has 1 amide bonds. The first-order valence-corrected chi connectivity index (χ1v) is 9.63. The van der Waals surface area contributed by atoms with E-state index in [4.69, 9.17) is 4.74 Å². The van der Waals surface area contributed by atoms with Crippen LogP contribution in [0.3, 0.4) is 0 Å². The number of amides is 1. The molecular weight excluding hydrogens is 357 g/mol. The molecule has 5 nitrogen and oxygen atoms in total. The van der Waals surface area contributed by atoms with Crippen LogP contribution in [0, 0.1) is 5.82 Å². The lowest BCUT2D eigenvalue weighted by Gasteiger charge is -2.38. The average molecular weight is 385 g/mol. The molecule has 2 aromatic carbocycles. The number of hydrogen-bond donors (Lipinski definition) is 1. The van der Waals surface area contributed by atoms with Crippen LogP contribution in [0.1, 0.15) is 17.2 Å². The smallest absolute Gasteiger partial charge is 0.224 e. The van der Waals surface area contributed by atoms with Crippen molar-refractivity contribution in [2.75, 3.05) is 46.9 Å². The van der Waals surface area contributed by atoms with Crippen molar-refractivity contribution in [2.24, 2.45) is 0 Å². The van der Waals surface area contributed by atoms with Crippen molar-refractivity contribution in [1.82, 2.24) is 15.1 Å². The number of nitrogens with zero attached hydrogens (tertiary/aromatic N) is 2. The van der Waals surface area contributed by atoms with E-state index in [0.29, 0.717) is 6.54 Å². The molecule has 0 radical (unpaired) electrons. The van der Waals surface area contributed by atoms with Crippen LogP contribution in [0.5, 0.6) is 5.75 Å². The molecule has 1 heterocycles. The average Bonchev–Trinajstić information content (AvgIpc) is 2.71. The molecule has 0 aromatic heterocycles. The van der Waals surface area contributed by atoms with E-state index in [-0.39, 0.29) is 24.2 Å². The zero-order valence-electron chi connectivity index (χ0n) is 16.5. The minimum Gasteiger partial charge on any atom is -0.497 e. The molecule has 6 heteroatoms. The highest BCUT2D eigenvalue weighted by Gasteiger charge is 2.24. The van der Waals surface area contributed by atoms with Crippen LogP contribution in [-0.2, 0) is 11.2 Å². The summed E-state index contributed by atoms with van der Waals surface area (Å²) in [5.74, 6) is 0.472. The third-order valence-electron chi connectivity index (χ3n) is 5.25. The van der Waals surface area contributed by atoms with E-state index in [1.807, 2.05) is 12.1 Å². The Morgan fingerprint density at radius 2 is 1.71 bits per heavy atom. The van der Waals surface area contributed by atoms with E-state index >= 15 is 0 Å². The molecule has 0 saturated carbocycles. The number of carbonyl (C=O) groups excluding carboxylic acids is 1. The molecule has 1 saturated heterocycles. The van der Waals surface area contributed by atoms with Crippen LogP contribution in [0.25, 0.3) is 0 Å². The molecule has 3 rings (SSSR count). The van der Waals surface area contributed by atoms with Gasteiger partial charge in [0.15, 0.2) is 0 Å². The number of hydrogen-bond acceptors (Lipinski definition) is 4. The molecule has 1 aliphatic heterocycles. The lowest BCUT2D eigenvalue weighted by atomic mass is 10.0. The van der Waals surface area contributed by atoms with Crippen molar-refractivity contribution in [2.45, 2.75) is 12.5 Å². The number of halogens is 1. The molecule has 1 aliphatic rings. The van der Waals surface area contributed by atoms with Gasteiger partial charge in [-0.2, -0.15) is 0 Å². The number of rotatable bonds is 7. The topological polar surface area (TPSA) is 44.8 Å². The maximum Gasteiger partial charge on any atom is 0.224 e. The molecular formula is C22H28FN3O2. The van der Waals surface area contributed by atoms with Crippen LogP contribution in [0.2, 0.25) is 0 Å². The fraction of sp³-hybridized carbons (Fsp3) is 0.409. The quantitative estimate of drug-likeness (QED) is 0.795. The third kappa shape index (κ3) is 5.53. The normalized spacial score (nSPS) is 16.5. The summed E-state index contributed by atoms with van der Waals surface area (Å²) in [7, 11) is 3.78. The Balaban J connectivity index is 1.65. The van der Waals surface area contributed by atoms with E-state index in [1.54, 1.807) is 19.2 Å². The van der Waals surface area contributed by atoms with Crippen LogP contribution in [0.15, 0.2) is 48.5 Å². The summed E-state index contributed by atoms with van der Waals surface area (Å²) >= 11 is 0. The standard InChI is InChI=1S/C22H28FN3O2/c1-25-11-13-26(14-12-25)21(18-5-9-20(28-2)10-6-18)16-24-22(27)15-17-3-7-19(23)8-4-17/h3-10,21H,11-16H2,1-2H3,(H,24,27)/t21-/m1/s1. The van der Waals surface area contributed by atoms with Crippen molar-refractivity contribution in [3.63, 3.8) is 0 Å². The highest BCUT2D eigenvalue weighted by atomic mass is 19.1. The summed E-state index contributed by atoms with van der Waals surface area (Å²) < 4.78 is 18.3. The molecule has 150 valence electrons. The first-order valence-electron chi connectivity index (χ1n) is 9.63. The molecule has 1 atom stereocenters. The molecule has 2 aromatic rings. The summed E-state index contributed by atoms with van der Waals surface area (Å²) in [5, 5.41) is 3.06. The molecule has 1 fully saturated rings. The summed E-state index contributed by atoms with van der Waals surface area (Å²) in [6, 6.07) is 14.2. The number of carbonyl (C=O) groups is 1. The predicted molar refractivity (Wildman–Crippen MR) is 108 cm³/mol. The SMILES string of the molecule is COc1ccc([C@@H](CNC(=O)Cc2ccc(F)cc2)N2CCN(C)CC2)cc1. The maximum absolute atomic E-state index is 13.0. The molecule has 1 N–H and O–H groups in total. The molecule has 28 heavy (non-hydrogen) atoms. The number of ether oxygens (including phenoxy) is 1. The van der Waals surface area contributed by atoms with Gasteiger partial charge < -0.3 is 15.0 Å². The first-order chi connectivity index (χ1) is 13.5. The number of nitrogens with one attached hydrogen (secondary N) is 1. The Morgan fingerprint density at radius 3 is 2.32 bits per heavy atom. The second kappa shape index (κ2) is 9.66. The maximum atomic E-state index is 13.0. The van der Waals surface area contributed by atoms with Crippen LogP contribution < -0.4 is 10.1 Å². The van der Waals surface area contributed by atoms with Gasteiger partial charge in [-0.1, -0.05) is 24.3 Å². The third-order valence-corrected chi connectivity index (χ3v) is 5.25. The second-order valence-corrected chi connectivity index (χ2v) is 7.24. The van der Waals surface area contributed by atoms with Gasteiger partial charge in [0.25, 0.3) is 0 Å². The number of likely N-dealkylation sites (N-methyl/N-ethyl adjacent to an activating group) is 1. The zero-order valence-corrected chi connectivity index (χ0v) is 16.5. The van der Waals surface area contributed by atoms with Gasteiger partial charge in [-0.3, -0.25) is 9.69 Å². The number of benzene rings is 2. The van der Waals surface area contributed by atoms with Crippen molar-refractivity contribution in [1.29, 1.82) is 0 Å². The van der Waals surface area contributed by atoms with E-state index in [2.05, 4.69) is 34.3 Å². The van der Waals surface area contributed by atoms with Crippen molar-refractivity contribution in [3.8, 4) is 5.75 Å². The Labute approximate surface area is 166 Å². The molecule has 0 unspecified atom stereocenters. The Hall–Kier alpha value is -2.44. The van der Waals surface area contributed by atoms with Gasteiger partial charge in [0.05, 0.1) is 19.6 Å². The highest BCUT2D eigenvalue weighted by molar-refractivity contribution is 5.78. The van der Waals surface area contributed by atoms with E-state index in [9.17, 15) is 9.18 Å². The minimum absolute atomic E-state index is 0.0563. The van der Waals surface area contributed by atoms with E-state index in [1.165, 1.54) is 12.1 Å². The van der Waals surface area contributed by atoms with Crippen molar-refractivity contribution < 1.29 is 13.9 Å². The van der Waals surface area contributed by atoms with Gasteiger partial charge in [0.1, 0.15) is 11.6 Å². The van der Waals surface area contributed by atoms with Gasteiger partial charge in [0.2, 0.25) is 5.91 Å². The summed E-state index contributed by atoms with van der Waals surface area (Å²) in [4.78, 5) is 17.1. The zero-order chi connectivity index (χ0) is 19.9. The molecule has 0 spiro atoms. The summed E-state index contributed by atoms with van der Waals surface area (Å²) in [5.41, 5.74) is 1.96. The van der Waals surface area contributed by atoms with E-state index in [0.717, 1.165) is 43.1 Å². The second-order valence-electron chi connectivity index (χ2n) is 7.24. The van der Waals surface area contributed by atoms with Gasteiger partial charge in [0, 0.05) is 32.7 Å². The van der Waals surface area contributed by atoms with Crippen molar-refractivity contribution >= 4 is 5.91 Å². The minimum atomic E-state index is -0.293. The molecule has 0 aliphatic carbocycles. The summed E-state index contributed by atoms with van der Waals surface area (Å²) in [6.07, 6.45) is 0.248. The number of methoxy groups -OCH3 is 1. The van der Waals surface area contributed by atoms with Gasteiger partial charge >= 0.3 is 0 Å². The number of piperazine rings is 1. The predicted octanol–water partition coefficient (Wildman–Crippen LogP) is 2.48. The fourth-order valence-electron chi connectivity index (χ4n) is 3.48. The fourth-order valence-corrected chi connectivity index (χ4v) is 3.48. The van der Waals surface area contributed by atoms with Crippen molar-refractivity contribution in [3.05, 3.63) is 65.5 Å². The lowest BCUT2D eigenvalue weighted by molar-refractivity contribution is -0.120. The Morgan fingerprint density at radius 1 is 1.07 bits per heavy atom. The van der Waals surface area contributed by atoms with Crippen LogP contribution in [0.4, 0.5) is 4.39 Å². The van der Waals surface area contributed by atoms with Crippen LogP contribution >= 0.6 is 0 Å². The lowest BCUT2D eigenvalue weighted by Crippen LogP contribution is -2.48. The molecule has 0 bridgehead atoms. The van der Waals surface area contributed by atoms with Gasteiger partial charge in [-0.15, -0.1) is 0 Å².